The molecular weight excluding hydrogens is 1460 g/mol. The monoisotopic (exact) mass is 1560 g/mol. The first kappa shape index (κ1) is 81.7. The molecule has 6 amide bonds. The number of benzene rings is 3. The summed E-state index contributed by atoms with van der Waals surface area (Å²) >= 11 is 1.48. The van der Waals surface area contributed by atoms with E-state index in [1.165, 1.54) is 21.6 Å². The minimum atomic E-state index is -3.69. The molecule has 3 aromatic heterocycles. The van der Waals surface area contributed by atoms with Crippen LogP contribution in [0.2, 0.25) is 0 Å². The van der Waals surface area contributed by atoms with Crippen LogP contribution in [0.4, 0.5) is 46.2 Å². The minimum Gasteiger partial charge on any atom is -0.445 e. The Morgan fingerprint density at radius 3 is 0.881 bits per heavy atom. The van der Waals surface area contributed by atoms with Crippen molar-refractivity contribution in [2.75, 3.05) is 132 Å². The number of rotatable bonds is 12. The highest BCUT2D eigenvalue weighted by Gasteiger charge is 2.37. The molecule has 109 heavy (non-hydrogen) atoms. The van der Waals surface area contributed by atoms with Crippen molar-refractivity contribution in [2.24, 2.45) is 0 Å². The van der Waals surface area contributed by atoms with Gasteiger partial charge in [0.1, 0.15) is 54.1 Å². The van der Waals surface area contributed by atoms with E-state index in [0.29, 0.717) is 152 Å². The quantitative estimate of drug-likeness (QED) is 0.0625. The van der Waals surface area contributed by atoms with Gasteiger partial charge in [0.25, 0.3) is 0 Å². The van der Waals surface area contributed by atoms with Gasteiger partial charge < -0.3 is 72.5 Å². The fraction of sp³-hybridized carbons (Fsp3) is 0.520. The third-order valence-electron chi connectivity index (χ3n) is 18.0. The second-order valence-corrected chi connectivity index (χ2v) is 34.6. The molecule has 12 rings (SSSR count). The van der Waals surface area contributed by atoms with Crippen LogP contribution in [-0.4, -0.2) is 246 Å². The van der Waals surface area contributed by atoms with E-state index >= 15 is 0 Å². The highest BCUT2D eigenvalue weighted by Crippen LogP contribution is 2.34. The standard InChI is InChI=1S/2C25H33N5O6S.C25H33N5O4S/c2*1-25(2,3)36-24(32)30-11-10-19-20(16-30)26-22(37(4,33)34)27-21(19)28-12-14-29(15-13-28)23(31)35-17-18-8-6-5-7-9-18;1-25(2,3)34-24(32)30-11-10-19-20(16-30)26-22(35-4)27-21(19)28-12-14-29(15-13-28)23(31)33-17-18-8-6-5-7-9-18/h2*5-9H,10-17H2,1-4H3;5-9H,10-17H2,1-4H3. The number of sulfone groups is 2. The maximum Gasteiger partial charge on any atom is 0.410 e. The van der Waals surface area contributed by atoms with Gasteiger partial charge in [-0.3, -0.25) is 0 Å². The van der Waals surface area contributed by atoms with Gasteiger partial charge in [0, 0.05) is 127 Å². The van der Waals surface area contributed by atoms with Crippen molar-refractivity contribution in [3.63, 3.8) is 0 Å². The molecule has 3 fully saturated rings. The van der Waals surface area contributed by atoms with E-state index in [2.05, 4.69) is 24.8 Å². The van der Waals surface area contributed by atoms with Gasteiger partial charge >= 0.3 is 36.6 Å². The van der Waals surface area contributed by atoms with Gasteiger partial charge in [0.15, 0.2) is 5.16 Å². The Morgan fingerprint density at radius 1 is 0.358 bits per heavy atom. The lowest BCUT2D eigenvalue weighted by atomic mass is 10.0. The summed E-state index contributed by atoms with van der Waals surface area (Å²) in [6.45, 7) is 25.0. The Morgan fingerprint density at radius 2 is 0.624 bits per heavy atom. The number of amides is 6. The van der Waals surface area contributed by atoms with Crippen molar-refractivity contribution < 1.29 is 74.0 Å². The Bertz CT molecular complexity index is 4250. The summed E-state index contributed by atoms with van der Waals surface area (Å²) < 4.78 is 82.4. The highest BCUT2D eigenvalue weighted by atomic mass is 32.2. The van der Waals surface area contributed by atoms with Crippen LogP contribution >= 0.6 is 11.8 Å². The molecule has 0 spiro atoms. The van der Waals surface area contributed by atoms with Crippen LogP contribution in [0.3, 0.4) is 0 Å². The topological polar surface area (TPSA) is 333 Å². The van der Waals surface area contributed by atoms with E-state index in [0.717, 1.165) is 57.4 Å². The average molecular weight is 1560 g/mol. The van der Waals surface area contributed by atoms with E-state index < -0.39 is 60.9 Å². The van der Waals surface area contributed by atoms with Crippen molar-refractivity contribution >= 4 is 85.4 Å². The van der Waals surface area contributed by atoms with Crippen molar-refractivity contribution in [1.29, 1.82) is 0 Å². The number of hydrogen-bond acceptors (Lipinski definition) is 26. The second kappa shape index (κ2) is 35.2. The average Bonchev–Trinajstić information content (AvgIpc) is 0.784. The number of anilines is 3. The third kappa shape index (κ3) is 22.9. The van der Waals surface area contributed by atoms with E-state index in [4.69, 9.17) is 38.4 Å². The fourth-order valence-corrected chi connectivity index (χ4v) is 14.0. The molecule has 6 aliphatic heterocycles. The number of thioether (sulfide) groups is 1. The third-order valence-corrected chi connectivity index (χ3v) is 20.2. The van der Waals surface area contributed by atoms with E-state index in [1.54, 1.807) is 61.1 Å². The summed E-state index contributed by atoms with van der Waals surface area (Å²) in [5.74, 6) is 1.97. The number of hydrogen-bond donors (Lipinski definition) is 0. The number of carbonyl (C=O) groups excluding carboxylic acids is 6. The Labute approximate surface area is 641 Å². The Balaban J connectivity index is 0.000000174. The summed E-state index contributed by atoms with van der Waals surface area (Å²) in [6, 6.07) is 28.6. The van der Waals surface area contributed by atoms with Crippen molar-refractivity contribution in [1.82, 2.24) is 59.3 Å². The predicted molar refractivity (Wildman–Crippen MR) is 406 cm³/mol. The number of carbonyl (C=O) groups is 6. The van der Waals surface area contributed by atoms with Gasteiger partial charge in [-0.25, -0.2) is 75.5 Å². The lowest BCUT2D eigenvalue weighted by Crippen LogP contribution is -2.50. The van der Waals surface area contributed by atoms with Crippen LogP contribution < -0.4 is 14.7 Å². The minimum absolute atomic E-state index is 0.133. The molecule has 9 heterocycles. The summed E-state index contributed by atoms with van der Waals surface area (Å²) in [7, 11) is -7.38. The van der Waals surface area contributed by atoms with E-state index in [9.17, 15) is 45.6 Å². The van der Waals surface area contributed by atoms with Crippen molar-refractivity contribution in [3.8, 4) is 0 Å². The molecule has 0 unspecified atom stereocenters. The molecule has 588 valence electrons. The molecule has 6 aromatic rings. The van der Waals surface area contributed by atoms with E-state index in [1.807, 2.05) is 128 Å². The van der Waals surface area contributed by atoms with E-state index in [-0.39, 0.29) is 55.4 Å². The Hall–Kier alpha value is -9.83. The number of fused-ring (bicyclic) bond motifs is 3. The SMILES string of the molecule is CC(C)(C)OC(=O)N1CCc2c(nc(S(C)(=O)=O)nc2N2CCN(C(=O)OCc3ccccc3)CC2)C1.CC(C)(C)OC(=O)N1CCc2c(nc(S(C)(=O)=O)nc2N2CCN(C(=O)OCc3ccccc3)CC2)C1.CSc1nc2c(c(N3CCN(C(=O)OCc4ccccc4)CC3)n1)CCN(C(=O)OC(C)(C)C)C2. The molecular formula is C75H99N15O16S3. The largest absolute Gasteiger partial charge is 0.445 e. The normalized spacial score (nSPS) is 16.2. The van der Waals surface area contributed by atoms with Gasteiger partial charge in [-0.1, -0.05) is 103 Å². The van der Waals surface area contributed by atoms with Crippen LogP contribution in [0, 0.1) is 0 Å². The Kier molecular flexibility index (Phi) is 26.4. The molecule has 0 atom stereocenters. The van der Waals surface area contributed by atoms with Crippen LogP contribution in [0.25, 0.3) is 0 Å². The fourth-order valence-electron chi connectivity index (χ4n) is 12.6. The number of piperazine rings is 3. The molecule has 0 aliphatic carbocycles. The second-order valence-electron chi connectivity index (χ2n) is 30.0. The molecule has 0 radical (unpaired) electrons. The summed E-state index contributed by atoms with van der Waals surface area (Å²) in [6.07, 6.45) is 3.33. The van der Waals surface area contributed by atoms with Crippen LogP contribution in [0.5, 0.6) is 0 Å². The first-order valence-corrected chi connectivity index (χ1v) is 41.2. The zero-order valence-corrected chi connectivity index (χ0v) is 66.5. The first-order valence-electron chi connectivity index (χ1n) is 36.2. The molecule has 34 heteroatoms. The van der Waals surface area contributed by atoms with Crippen molar-refractivity contribution in [3.05, 3.63) is 141 Å². The van der Waals surface area contributed by atoms with Gasteiger partial charge in [-0.15, -0.1) is 0 Å². The van der Waals surface area contributed by atoms with Gasteiger partial charge in [0.05, 0.1) is 36.7 Å². The molecule has 3 saturated heterocycles. The maximum atomic E-state index is 12.6. The van der Waals surface area contributed by atoms with Gasteiger partial charge in [-0.05, 0) is 105 Å². The number of aromatic nitrogens is 6. The summed E-state index contributed by atoms with van der Waals surface area (Å²) in [5, 5.41) is 0.114. The predicted octanol–water partition coefficient (Wildman–Crippen LogP) is 9.21. The smallest absolute Gasteiger partial charge is 0.410 e. The van der Waals surface area contributed by atoms with Crippen LogP contribution in [-0.2, 0) is 107 Å². The molecule has 6 aliphatic rings. The molecule has 0 saturated carbocycles. The van der Waals surface area contributed by atoms with Crippen LogP contribution in [0.1, 0.15) is 113 Å². The molecule has 0 N–H and O–H groups in total. The zero-order chi connectivity index (χ0) is 78.6. The molecule has 3 aromatic carbocycles. The summed E-state index contributed by atoms with van der Waals surface area (Å²) in [5.41, 5.74) is 5.51. The first-order chi connectivity index (χ1) is 51.5. The molecule has 31 nitrogen and oxygen atoms in total. The maximum absolute atomic E-state index is 12.6. The summed E-state index contributed by atoms with van der Waals surface area (Å²) in [4.78, 5) is 118. The lowest BCUT2D eigenvalue weighted by molar-refractivity contribution is 0.0210. The zero-order valence-electron chi connectivity index (χ0n) is 64.1. The molecule has 0 bridgehead atoms. The van der Waals surface area contributed by atoms with Crippen LogP contribution in [0.15, 0.2) is 106 Å². The number of ether oxygens (including phenoxy) is 6. The van der Waals surface area contributed by atoms with Gasteiger partial charge in [-0.2, -0.15) is 0 Å². The lowest BCUT2D eigenvalue weighted by Gasteiger charge is -2.37. The number of nitrogens with zero attached hydrogens (tertiary/aromatic N) is 15. The van der Waals surface area contributed by atoms with Crippen molar-refractivity contribution in [2.45, 2.75) is 153 Å². The highest BCUT2D eigenvalue weighted by molar-refractivity contribution is 7.98. The van der Waals surface area contributed by atoms with Gasteiger partial charge in [0.2, 0.25) is 30.0 Å².